The van der Waals surface area contributed by atoms with Crippen LogP contribution in [0.25, 0.3) is 0 Å². The summed E-state index contributed by atoms with van der Waals surface area (Å²) in [7, 11) is 1.61. The molecule has 50 valence electrons. The number of hydrogen-bond donors (Lipinski definition) is 3. The van der Waals surface area contributed by atoms with Crippen LogP contribution in [0.4, 0.5) is 0 Å². The Balaban J connectivity index is -0.000000245. The molecule has 6 heteroatoms. The first kappa shape index (κ1) is 12.5. The van der Waals surface area contributed by atoms with E-state index in [0.29, 0.717) is 0 Å². The SMILES string of the molecule is O=C(O)C(O)(P)CO.[H-].[Na+]. The van der Waals surface area contributed by atoms with E-state index in [-0.39, 0.29) is 31.0 Å². The predicted molar refractivity (Wildman–Crippen MR) is 30.5 cm³/mol. The number of aliphatic carboxylic acids is 1. The van der Waals surface area contributed by atoms with Crippen LogP contribution in [0.1, 0.15) is 1.43 Å². The molecule has 0 aliphatic rings. The van der Waals surface area contributed by atoms with E-state index in [0.717, 1.165) is 0 Å². The number of aliphatic hydroxyl groups excluding tert-OH is 1. The third-order valence-corrected chi connectivity index (χ3v) is 1.04. The van der Waals surface area contributed by atoms with E-state index in [1.165, 1.54) is 0 Å². The summed E-state index contributed by atoms with van der Waals surface area (Å²) in [4.78, 5) is 9.82. The van der Waals surface area contributed by atoms with E-state index in [4.69, 9.17) is 15.3 Å². The number of hydrogen-bond acceptors (Lipinski definition) is 3. The van der Waals surface area contributed by atoms with E-state index >= 15 is 0 Å². The third-order valence-electron chi connectivity index (χ3n) is 0.611. The maximum absolute atomic E-state index is 9.82. The average Bonchev–Trinajstić information content (AvgIpc) is 1.67. The summed E-state index contributed by atoms with van der Waals surface area (Å²) in [6, 6.07) is 0. The Morgan fingerprint density at radius 2 is 2.11 bits per heavy atom. The second-order valence-electron chi connectivity index (χ2n) is 1.39. The van der Waals surface area contributed by atoms with Crippen molar-refractivity contribution in [3.8, 4) is 0 Å². The summed E-state index contributed by atoms with van der Waals surface area (Å²) in [6.45, 7) is -0.799. The average molecular weight is 162 g/mol. The monoisotopic (exact) mass is 162 g/mol. The van der Waals surface area contributed by atoms with Crippen molar-refractivity contribution in [1.82, 2.24) is 0 Å². The van der Waals surface area contributed by atoms with Crippen molar-refractivity contribution in [3.05, 3.63) is 0 Å². The quantitative estimate of drug-likeness (QED) is 0.284. The Kier molecular flexibility index (Phi) is 6.39. The largest absolute Gasteiger partial charge is 1.00 e. The Morgan fingerprint density at radius 1 is 1.78 bits per heavy atom. The molecule has 0 amide bonds. The normalized spacial score (nSPS) is 15.4. The van der Waals surface area contributed by atoms with Gasteiger partial charge in [0.2, 0.25) is 0 Å². The van der Waals surface area contributed by atoms with Crippen LogP contribution < -0.4 is 29.6 Å². The molecule has 9 heavy (non-hydrogen) atoms. The van der Waals surface area contributed by atoms with Gasteiger partial charge in [-0.3, -0.25) is 0 Å². The molecule has 0 saturated carbocycles. The number of aliphatic hydroxyl groups is 2. The minimum Gasteiger partial charge on any atom is -1.00 e. The molecule has 0 bridgehead atoms. The van der Waals surface area contributed by atoms with Gasteiger partial charge in [-0.1, -0.05) is 9.24 Å². The van der Waals surface area contributed by atoms with Gasteiger partial charge < -0.3 is 16.7 Å². The van der Waals surface area contributed by atoms with Gasteiger partial charge in [0, 0.05) is 0 Å². The number of carbonyl (C=O) groups is 1. The molecule has 0 fully saturated rings. The van der Waals surface area contributed by atoms with Gasteiger partial charge in [0.15, 0.2) is 5.34 Å². The summed E-state index contributed by atoms with van der Waals surface area (Å²) in [5.74, 6) is -1.45. The van der Waals surface area contributed by atoms with Gasteiger partial charge in [-0.2, -0.15) is 0 Å². The zero-order chi connectivity index (χ0) is 6.78. The van der Waals surface area contributed by atoms with Crippen LogP contribution in [-0.2, 0) is 4.79 Å². The fraction of sp³-hybridized carbons (Fsp3) is 0.667. The fourth-order valence-electron chi connectivity index (χ4n) is 0.0676. The van der Waals surface area contributed by atoms with Crippen LogP contribution in [0.15, 0.2) is 0 Å². The van der Waals surface area contributed by atoms with Crippen LogP contribution in [0.3, 0.4) is 0 Å². The Bertz CT molecular complexity index is 109. The molecule has 0 aromatic carbocycles. The molecule has 0 aliphatic carbocycles. The molecule has 0 rings (SSSR count). The fourth-order valence-corrected chi connectivity index (χ4v) is 0.0676. The topological polar surface area (TPSA) is 77.8 Å². The molecule has 0 radical (unpaired) electrons. The van der Waals surface area contributed by atoms with Crippen molar-refractivity contribution in [2.24, 2.45) is 0 Å². The zero-order valence-corrected chi connectivity index (χ0v) is 8.19. The maximum Gasteiger partial charge on any atom is 1.00 e. The van der Waals surface area contributed by atoms with Crippen molar-refractivity contribution in [2.45, 2.75) is 5.34 Å². The summed E-state index contributed by atoms with van der Waals surface area (Å²) < 4.78 is 0. The molecule has 0 aromatic rings. The first-order valence-electron chi connectivity index (χ1n) is 1.86. The van der Waals surface area contributed by atoms with Gasteiger partial charge in [0.25, 0.3) is 0 Å². The van der Waals surface area contributed by atoms with Crippen LogP contribution in [0.2, 0.25) is 0 Å². The van der Waals surface area contributed by atoms with Gasteiger partial charge in [-0.15, -0.1) is 0 Å². The molecule has 0 saturated heterocycles. The van der Waals surface area contributed by atoms with Crippen molar-refractivity contribution in [3.63, 3.8) is 0 Å². The van der Waals surface area contributed by atoms with Crippen molar-refractivity contribution in [1.29, 1.82) is 0 Å². The van der Waals surface area contributed by atoms with E-state index in [1.807, 2.05) is 0 Å². The molecular weight excluding hydrogens is 154 g/mol. The van der Waals surface area contributed by atoms with Crippen molar-refractivity contribution in [2.75, 3.05) is 6.61 Å². The Morgan fingerprint density at radius 3 is 2.11 bits per heavy atom. The van der Waals surface area contributed by atoms with Crippen LogP contribution >= 0.6 is 9.24 Å². The molecule has 2 unspecified atom stereocenters. The first-order chi connectivity index (χ1) is 3.50. The van der Waals surface area contributed by atoms with E-state index < -0.39 is 17.9 Å². The Hall–Kier alpha value is 0.820. The molecule has 0 aliphatic heterocycles. The van der Waals surface area contributed by atoms with E-state index in [2.05, 4.69) is 0 Å². The second kappa shape index (κ2) is 4.61. The second-order valence-corrected chi connectivity index (χ2v) is 2.34. The smallest absolute Gasteiger partial charge is 1.00 e. The molecule has 0 spiro atoms. The minimum absolute atomic E-state index is 0. The number of rotatable bonds is 2. The Labute approximate surface area is 78.2 Å². The van der Waals surface area contributed by atoms with Crippen LogP contribution in [0.5, 0.6) is 0 Å². The molecule has 0 aromatic heterocycles. The summed E-state index contributed by atoms with van der Waals surface area (Å²) in [5.41, 5.74) is 0. The van der Waals surface area contributed by atoms with E-state index in [9.17, 15) is 4.79 Å². The molecule has 0 heterocycles. The van der Waals surface area contributed by atoms with Crippen molar-refractivity contribution < 1.29 is 51.1 Å². The van der Waals surface area contributed by atoms with Gasteiger partial charge >= 0.3 is 35.5 Å². The number of carboxylic acid groups (broad SMARTS) is 1. The first-order valence-corrected chi connectivity index (χ1v) is 2.44. The summed E-state index contributed by atoms with van der Waals surface area (Å²) in [6.07, 6.45) is 0. The van der Waals surface area contributed by atoms with Gasteiger partial charge in [-0.05, 0) is 0 Å². The molecular formula is C3H8NaO4P. The molecule has 4 nitrogen and oxygen atoms in total. The summed E-state index contributed by atoms with van der Waals surface area (Å²) in [5, 5.41) is 22.6. The maximum atomic E-state index is 9.82. The molecule has 2 atom stereocenters. The van der Waals surface area contributed by atoms with Gasteiger partial charge in [0.05, 0.1) is 6.61 Å². The van der Waals surface area contributed by atoms with E-state index in [1.54, 1.807) is 9.24 Å². The zero-order valence-electron chi connectivity index (χ0n) is 6.03. The number of carboxylic acids is 1. The van der Waals surface area contributed by atoms with Gasteiger partial charge in [-0.25, -0.2) is 4.79 Å². The van der Waals surface area contributed by atoms with Crippen molar-refractivity contribution >= 4 is 15.2 Å². The predicted octanol–water partition coefficient (Wildman–Crippen LogP) is -4.26. The third kappa shape index (κ3) is 4.25. The van der Waals surface area contributed by atoms with Crippen LogP contribution in [-0.4, -0.2) is 33.2 Å². The molecule has 3 N–H and O–H groups in total. The van der Waals surface area contributed by atoms with Gasteiger partial charge in [0.1, 0.15) is 0 Å². The standard InChI is InChI=1S/C3H7O4P.Na.H/c4-1-3(7,8)2(5)6;;/h4,7H,1,8H2,(H,5,6);;/q;+1;-1. The summed E-state index contributed by atoms with van der Waals surface area (Å²) >= 11 is 0. The van der Waals surface area contributed by atoms with Crippen LogP contribution in [0, 0.1) is 0 Å². The minimum atomic E-state index is -2.07.